The molecule has 3 heterocycles. The van der Waals surface area contributed by atoms with Gasteiger partial charge in [-0.3, -0.25) is 4.79 Å². The number of morpholine rings is 1. The fourth-order valence-electron chi connectivity index (χ4n) is 6.65. The van der Waals surface area contributed by atoms with Crippen LogP contribution in [0, 0.1) is 0 Å². The predicted molar refractivity (Wildman–Crippen MR) is 157 cm³/mol. The molecule has 6 rings (SSSR count). The first kappa shape index (κ1) is 27.3. The summed E-state index contributed by atoms with van der Waals surface area (Å²) in [5.74, 6) is 0.206. The van der Waals surface area contributed by atoms with Gasteiger partial charge in [-0.05, 0) is 43.0 Å². The molecule has 9 nitrogen and oxygen atoms in total. The average Bonchev–Trinajstić information content (AvgIpc) is 3.47. The summed E-state index contributed by atoms with van der Waals surface area (Å²) in [6, 6.07) is 18.2. The van der Waals surface area contributed by atoms with Gasteiger partial charge in [-0.15, -0.1) is 0 Å². The summed E-state index contributed by atoms with van der Waals surface area (Å²) in [5.41, 5.74) is 4.83. The van der Waals surface area contributed by atoms with Crippen molar-refractivity contribution >= 4 is 17.7 Å². The third kappa shape index (κ3) is 5.95. The Morgan fingerprint density at radius 2 is 1.66 bits per heavy atom. The Morgan fingerprint density at radius 1 is 0.902 bits per heavy atom. The van der Waals surface area contributed by atoms with E-state index in [9.17, 15) is 14.7 Å². The molecule has 3 aromatic rings. The number of anilines is 1. The van der Waals surface area contributed by atoms with Gasteiger partial charge in [0, 0.05) is 44.3 Å². The zero-order chi connectivity index (χ0) is 28.2. The highest BCUT2D eigenvalue weighted by molar-refractivity contribution is 5.96. The summed E-state index contributed by atoms with van der Waals surface area (Å²) >= 11 is 0. The van der Waals surface area contributed by atoms with E-state index in [4.69, 9.17) is 9.84 Å². The first-order chi connectivity index (χ1) is 20.1. The van der Waals surface area contributed by atoms with Crippen LogP contribution in [-0.2, 0) is 11.2 Å². The zero-order valence-corrected chi connectivity index (χ0v) is 23.5. The highest BCUT2D eigenvalue weighted by Crippen LogP contribution is 2.37. The number of hydrogen-bond acceptors (Lipinski definition) is 5. The van der Waals surface area contributed by atoms with Crippen molar-refractivity contribution in [3.8, 4) is 5.69 Å². The minimum Gasteiger partial charge on any atom is -0.465 e. The summed E-state index contributed by atoms with van der Waals surface area (Å²) < 4.78 is 7.54. The molecule has 41 heavy (non-hydrogen) atoms. The van der Waals surface area contributed by atoms with E-state index in [0.29, 0.717) is 31.6 Å². The number of benzene rings is 2. The lowest BCUT2D eigenvalue weighted by atomic mass is 9.85. The average molecular weight is 558 g/mol. The van der Waals surface area contributed by atoms with Gasteiger partial charge in [0.1, 0.15) is 0 Å². The molecule has 0 bridgehead atoms. The van der Waals surface area contributed by atoms with E-state index in [2.05, 4.69) is 29.2 Å². The van der Waals surface area contributed by atoms with Crippen LogP contribution in [0.5, 0.6) is 0 Å². The lowest BCUT2D eigenvalue weighted by Crippen LogP contribution is -2.57. The van der Waals surface area contributed by atoms with E-state index in [1.54, 1.807) is 6.20 Å². The van der Waals surface area contributed by atoms with Crippen LogP contribution >= 0.6 is 0 Å². The van der Waals surface area contributed by atoms with Crippen LogP contribution in [0.2, 0.25) is 0 Å². The molecular formula is C32H39N5O4. The molecule has 1 saturated carbocycles. The van der Waals surface area contributed by atoms with Crippen LogP contribution in [-0.4, -0.2) is 88.7 Å². The minimum atomic E-state index is -0.939. The first-order valence-electron chi connectivity index (χ1n) is 14.9. The molecule has 1 aliphatic carbocycles. The number of aromatic nitrogens is 2. The molecule has 2 aliphatic heterocycles. The monoisotopic (exact) mass is 557 g/mol. The van der Waals surface area contributed by atoms with Crippen molar-refractivity contribution in [1.82, 2.24) is 19.6 Å². The van der Waals surface area contributed by atoms with Crippen LogP contribution in [0.1, 0.15) is 59.6 Å². The van der Waals surface area contributed by atoms with Crippen molar-refractivity contribution in [1.29, 1.82) is 0 Å². The fourth-order valence-corrected chi connectivity index (χ4v) is 6.65. The van der Waals surface area contributed by atoms with Crippen molar-refractivity contribution in [3.63, 3.8) is 0 Å². The van der Waals surface area contributed by atoms with E-state index >= 15 is 0 Å². The standard InChI is InChI=1S/C32H39N5O4/c38-31(36-15-14-35(32(39)40)23-28(36)20-24-8-3-1-4-9-24)29-22-33-37(30(29)25-10-5-2-6-11-25)27-13-7-12-26(21-27)34-16-18-41-19-17-34/h1,3-4,7-9,12-13,21-22,25,28H,2,5-6,10-11,14-20,23H2,(H,39,40)/t28-/m1/s1. The van der Waals surface area contributed by atoms with E-state index in [1.165, 1.54) is 11.3 Å². The quantitative estimate of drug-likeness (QED) is 0.468. The Morgan fingerprint density at radius 3 is 2.41 bits per heavy atom. The summed E-state index contributed by atoms with van der Waals surface area (Å²) in [4.78, 5) is 31.9. The molecule has 3 aliphatic rings. The van der Waals surface area contributed by atoms with E-state index in [0.717, 1.165) is 74.6 Å². The summed E-state index contributed by atoms with van der Waals surface area (Å²) in [5, 5.41) is 14.6. The third-order valence-electron chi connectivity index (χ3n) is 8.81. The maximum Gasteiger partial charge on any atom is 0.407 e. The molecule has 2 amide bonds. The lowest BCUT2D eigenvalue weighted by Gasteiger charge is -2.40. The molecule has 9 heteroatoms. The SMILES string of the molecule is O=C(O)N1CCN(C(=O)c2cnn(-c3cccc(N4CCOCC4)c3)c2C2CCCCC2)[C@H](Cc2ccccc2)C1. The van der Waals surface area contributed by atoms with Gasteiger partial charge in [-0.25, -0.2) is 9.48 Å². The van der Waals surface area contributed by atoms with Crippen LogP contribution in [0.4, 0.5) is 10.5 Å². The number of carboxylic acid groups (broad SMARTS) is 1. The van der Waals surface area contributed by atoms with E-state index in [1.807, 2.05) is 39.9 Å². The normalized spacial score (nSPS) is 20.3. The third-order valence-corrected chi connectivity index (χ3v) is 8.81. The number of piperazine rings is 1. The van der Waals surface area contributed by atoms with E-state index in [-0.39, 0.29) is 17.9 Å². The van der Waals surface area contributed by atoms with Gasteiger partial charge in [-0.1, -0.05) is 55.7 Å². The molecule has 0 spiro atoms. The van der Waals surface area contributed by atoms with Crippen LogP contribution in [0.25, 0.3) is 5.69 Å². The summed E-state index contributed by atoms with van der Waals surface area (Å²) in [7, 11) is 0. The largest absolute Gasteiger partial charge is 0.465 e. The maximum atomic E-state index is 14.4. The Labute approximate surface area is 241 Å². The number of amides is 2. The number of rotatable bonds is 6. The van der Waals surface area contributed by atoms with Gasteiger partial charge >= 0.3 is 6.09 Å². The summed E-state index contributed by atoms with van der Waals surface area (Å²) in [6.07, 6.45) is 6.99. The fraction of sp³-hybridized carbons (Fsp3) is 0.469. The molecule has 0 unspecified atom stereocenters. The van der Waals surface area contributed by atoms with Crippen molar-refractivity contribution in [2.75, 3.05) is 50.8 Å². The van der Waals surface area contributed by atoms with Crippen molar-refractivity contribution < 1.29 is 19.4 Å². The molecule has 1 atom stereocenters. The molecular weight excluding hydrogens is 518 g/mol. The van der Waals surface area contributed by atoms with Crippen molar-refractivity contribution in [2.45, 2.75) is 50.5 Å². The number of carbonyl (C=O) groups is 2. The first-order valence-corrected chi connectivity index (χ1v) is 14.9. The minimum absolute atomic E-state index is 0.0490. The lowest BCUT2D eigenvalue weighted by molar-refractivity contribution is 0.0449. The molecule has 2 saturated heterocycles. The van der Waals surface area contributed by atoms with Gasteiger partial charge in [0.25, 0.3) is 5.91 Å². The predicted octanol–water partition coefficient (Wildman–Crippen LogP) is 4.80. The van der Waals surface area contributed by atoms with Gasteiger partial charge in [-0.2, -0.15) is 5.10 Å². The molecule has 1 aromatic heterocycles. The van der Waals surface area contributed by atoms with Gasteiger partial charge in [0.05, 0.1) is 42.4 Å². The Bertz CT molecular complexity index is 1350. The highest BCUT2D eigenvalue weighted by atomic mass is 16.5. The molecule has 1 N–H and O–H groups in total. The second-order valence-corrected chi connectivity index (χ2v) is 11.4. The Balaban J connectivity index is 1.35. The topological polar surface area (TPSA) is 91.1 Å². The van der Waals surface area contributed by atoms with E-state index < -0.39 is 6.09 Å². The Hall–Kier alpha value is -3.85. The second kappa shape index (κ2) is 12.3. The van der Waals surface area contributed by atoms with Crippen molar-refractivity contribution in [2.24, 2.45) is 0 Å². The smallest absolute Gasteiger partial charge is 0.407 e. The highest BCUT2D eigenvalue weighted by Gasteiger charge is 2.36. The molecule has 2 aromatic carbocycles. The van der Waals surface area contributed by atoms with Crippen LogP contribution in [0.3, 0.4) is 0 Å². The van der Waals surface area contributed by atoms with Crippen LogP contribution < -0.4 is 4.90 Å². The molecule has 0 radical (unpaired) electrons. The second-order valence-electron chi connectivity index (χ2n) is 11.4. The van der Waals surface area contributed by atoms with Gasteiger partial charge in [0.15, 0.2) is 0 Å². The number of carbonyl (C=O) groups excluding carboxylic acids is 1. The van der Waals surface area contributed by atoms with Gasteiger partial charge < -0.3 is 24.5 Å². The van der Waals surface area contributed by atoms with Crippen molar-refractivity contribution in [3.05, 3.63) is 77.6 Å². The number of ether oxygens (including phenoxy) is 1. The zero-order valence-electron chi connectivity index (χ0n) is 23.5. The number of nitrogens with zero attached hydrogens (tertiary/aromatic N) is 5. The van der Waals surface area contributed by atoms with Gasteiger partial charge in [0.2, 0.25) is 0 Å². The van der Waals surface area contributed by atoms with Crippen LogP contribution in [0.15, 0.2) is 60.8 Å². The Kier molecular flexibility index (Phi) is 8.23. The maximum absolute atomic E-state index is 14.4. The molecule has 216 valence electrons. The number of hydrogen-bond donors (Lipinski definition) is 1. The molecule has 3 fully saturated rings. The summed E-state index contributed by atoms with van der Waals surface area (Å²) in [6.45, 7) is 4.12.